The van der Waals surface area contributed by atoms with Gasteiger partial charge in [0, 0.05) is 18.2 Å². The van der Waals surface area contributed by atoms with E-state index in [1.165, 1.54) is 17.1 Å². The largest absolute Gasteiger partial charge is 0.326 e. The Kier molecular flexibility index (Phi) is 2.37. The Morgan fingerprint density at radius 3 is 2.29 bits per heavy atom. The van der Waals surface area contributed by atoms with Crippen LogP contribution in [0.1, 0.15) is 25.7 Å². The van der Waals surface area contributed by atoms with Gasteiger partial charge in [0.1, 0.15) is 0 Å². The first kappa shape index (κ1) is 9.40. The monoisotopic (exact) mass is 194 g/mol. The van der Waals surface area contributed by atoms with Crippen molar-refractivity contribution in [3.63, 3.8) is 0 Å². The van der Waals surface area contributed by atoms with E-state index in [-0.39, 0.29) is 23.9 Å². The highest BCUT2D eigenvalue weighted by Gasteiger charge is 2.35. The molecular weight excluding hydrogens is 180 g/mol. The standard InChI is InChI=1S/C10H14N2O2/c11-7-3-1-2-4-8(7)12-9(13)5-6-10(12)14/h5-8H,1-4,11H2/t7-,8-/m1/s1. The molecule has 14 heavy (non-hydrogen) atoms. The molecule has 1 heterocycles. The number of amides is 2. The molecule has 0 unspecified atom stereocenters. The van der Waals surface area contributed by atoms with Crippen LogP contribution in [0.15, 0.2) is 12.2 Å². The van der Waals surface area contributed by atoms with Crippen molar-refractivity contribution in [2.75, 3.05) is 0 Å². The number of nitrogens with two attached hydrogens (primary N) is 1. The van der Waals surface area contributed by atoms with E-state index in [0.717, 1.165) is 25.7 Å². The number of imide groups is 1. The Morgan fingerprint density at radius 1 is 1.14 bits per heavy atom. The molecule has 2 aliphatic rings. The number of nitrogens with zero attached hydrogens (tertiary/aromatic N) is 1. The molecule has 76 valence electrons. The van der Waals surface area contributed by atoms with Crippen molar-refractivity contribution in [1.29, 1.82) is 0 Å². The van der Waals surface area contributed by atoms with Crippen LogP contribution in [0.25, 0.3) is 0 Å². The SMILES string of the molecule is N[C@@H]1CCCC[C@H]1N1C(=O)C=CC1=O. The topological polar surface area (TPSA) is 63.4 Å². The van der Waals surface area contributed by atoms with E-state index in [2.05, 4.69) is 0 Å². The molecule has 0 aromatic rings. The number of carbonyl (C=O) groups excluding carboxylic acids is 2. The maximum Gasteiger partial charge on any atom is 0.253 e. The summed E-state index contributed by atoms with van der Waals surface area (Å²) in [5.74, 6) is -0.422. The highest BCUT2D eigenvalue weighted by Crippen LogP contribution is 2.24. The zero-order chi connectivity index (χ0) is 10.1. The smallest absolute Gasteiger partial charge is 0.253 e. The van der Waals surface area contributed by atoms with E-state index < -0.39 is 0 Å². The van der Waals surface area contributed by atoms with Gasteiger partial charge in [0.05, 0.1) is 6.04 Å². The van der Waals surface area contributed by atoms with Crippen molar-refractivity contribution in [1.82, 2.24) is 4.90 Å². The van der Waals surface area contributed by atoms with Crippen LogP contribution in [0.2, 0.25) is 0 Å². The molecule has 0 aromatic carbocycles. The van der Waals surface area contributed by atoms with Gasteiger partial charge in [-0.1, -0.05) is 12.8 Å². The second kappa shape index (κ2) is 3.53. The lowest BCUT2D eigenvalue weighted by molar-refractivity contribution is -0.140. The maximum absolute atomic E-state index is 11.4. The van der Waals surface area contributed by atoms with Crippen LogP contribution in [-0.4, -0.2) is 28.8 Å². The molecule has 0 spiro atoms. The quantitative estimate of drug-likeness (QED) is 0.606. The Balaban J connectivity index is 2.13. The minimum Gasteiger partial charge on any atom is -0.326 e. The zero-order valence-electron chi connectivity index (χ0n) is 7.98. The molecule has 0 aromatic heterocycles. The lowest BCUT2D eigenvalue weighted by Gasteiger charge is -2.34. The van der Waals surface area contributed by atoms with Crippen molar-refractivity contribution in [2.24, 2.45) is 5.73 Å². The molecule has 1 aliphatic heterocycles. The van der Waals surface area contributed by atoms with Gasteiger partial charge in [-0.05, 0) is 12.8 Å². The number of hydrogen-bond donors (Lipinski definition) is 1. The third-order valence-corrected chi connectivity index (χ3v) is 2.96. The summed E-state index contributed by atoms with van der Waals surface area (Å²) >= 11 is 0. The minimum atomic E-state index is -0.211. The molecule has 0 saturated heterocycles. The van der Waals surface area contributed by atoms with Gasteiger partial charge in [-0.2, -0.15) is 0 Å². The Bertz CT molecular complexity index is 280. The van der Waals surface area contributed by atoms with Crippen LogP contribution in [0, 0.1) is 0 Å². The molecule has 1 saturated carbocycles. The second-order valence-electron chi connectivity index (χ2n) is 3.90. The summed E-state index contributed by atoms with van der Waals surface area (Å²) in [5.41, 5.74) is 5.91. The van der Waals surface area contributed by atoms with Gasteiger partial charge < -0.3 is 5.73 Å². The van der Waals surface area contributed by atoms with Crippen molar-refractivity contribution < 1.29 is 9.59 Å². The summed E-state index contributed by atoms with van der Waals surface area (Å²) < 4.78 is 0. The van der Waals surface area contributed by atoms with Gasteiger partial charge in [-0.25, -0.2) is 0 Å². The summed E-state index contributed by atoms with van der Waals surface area (Å²) in [4.78, 5) is 24.1. The van der Waals surface area contributed by atoms with Gasteiger partial charge in [-0.3, -0.25) is 14.5 Å². The highest BCUT2D eigenvalue weighted by molar-refractivity contribution is 6.13. The molecule has 0 bridgehead atoms. The first-order chi connectivity index (χ1) is 6.70. The molecular formula is C10H14N2O2. The zero-order valence-corrected chi connectivity index (χ0v) is 7.98. The van der Waals surface area contributed by atoms with Gasteiger partial charge in [-0.15, -0.1) is 0 Å². The fraction of sp³-hybridized carbons (Fsp3) is 0.600. The highest BCUT2D eigenvalue weighted by atomic mass is 16.2. The van der Waals surface area contributed by atoms with Gasteiger partial charge in [0.2, 0.25) is 0 Å². The molecule has 2 amide bonds. The normalized spacial score (nSPS) is 32.8. The van der Waals surface area contributed by atoms with E-state index >= 15 is 0 Å². The van der Waals surface area contributed by atoms with Gasteiger partial charge in [0.25, 0.3) is 11.8 Å². The van der Waals surface area contributed by atoms with Crippen LogP contribution in [0.4, 0.5) is 0 Å². The molecule has 2 atom stereocenters. The van der Waals surface area contributed by atoms with Gasteiger partial charge >= 0.3 is 0 Å². The molecule has 0 radical (unpaired) electrons. The summed E-state index contributed by atoms with van der Waals surface area (Å²) in [6.07, 6.45) is 6.55. The van der Waals surface area contributed by atoms with Crippen molar-refractivity contribution in [2.45, 2.75) is 37.8 Å². The Hall–Kier alpha value is -1.16. The van der Waals surface area contributed by atoms with E-state index in [0.29, 0.717) is 0 Å². The molecule has 2 N–H and O–H groups in total. The third kappa shape index (κ3) is 1.46. The third-order valence-electron chi connectivity index (χ3n) is 2.96. The van der Waals surface area contributed by atoms with Crippen LogP contribution < -0.4 is 5.73 Å². The van der Waals surface area contributed by atoms with E-state index in [1.54, 1.807) is 0 Å². The summed E-state index contributed by atoms with van der Waals surface area (Å²) in [6, 6.07) is -0.129. The fourth-order valence-electron chi connectivity index (χ4n) is 2.20. The first-order valence-electron chi connectivity index (χ1n) is 5.01. The molecule has 4 nitrogen and oxygen atoms in total. The number of carbonyl (C=O) groups is 2. The van der Waals surface area contributed by atoms with Gasteiger partial charge in [0.15, 0.2) is 0 Å². The molecule has 1 fully saturated rings. The average Bonchev–Trinajstić information content (AvgIpc) is 2.48. The Labute approximate surface area is 82.7 Å². The van der Waals surface area contributed by atoms with Crippen LogP contribution in [0.5, 0.6) is 0 Å². The van der Waals surface area contributed by atoms with Crippen LogP contribution >= 0.6 is 0 Å². The lowest BCUT2D eigenvalue weighted by atomic mass is 9.90. The van der Waals surface area contributed by atoms with Crippen LogP contribution in [-0.2, 0) is 9.59 Å². The van der Waals surface area contributed by atoms with Crippen LogP contribution in [0.3, 0.4) is 0 Å². The second-order valence-corrected chi connectivity index (χ2v) is 3.90. The molecule has 4 heteroatoms. The molecule has 1 aliphatic carbocycles. The number of hydrogen-bond acceptors (Lipinski definition) is 3. The van der Waals surface area contributed by atoms with E-state index in [4.69, 9.17) is 5.73 Å². The summed E-state index contributed by atoms with van der Waals surface area (Å²) in [7, 11) is 0. The first-order valence-corrected chi connectivity index (χ1v) is 5.01. The average molecular weight is 194 g/mol. The minimum absolute atomic E-state index is 0.0449. The van der Waals surface area contributed by atoms with Crippen molar-refractivity contribution in [3.8, 4) is 0 Å². The lowest BCUT2D eigenvalue weighted by Crippen LogP contribution is -2.51. The Morgan fingerprint density at radius 2 is 1.71 bits per heavy atom. The predicted octanol–water partition coefficient (Wildman–Crippen LogP) is 0.181. The number of rotatable bonds is 1. The summed E-state index contributed by atoms with van der Waals surface area (Å²) in [6.45, 7) is 0. The fourth-order valence-corrected chi connectivity index (χ4v) is 2.20. The van der Waals surface area contributed by atoms with Crippen molar-refractivity contribution in [3.05, 3.63) is 12.2 Å². The van der Waals surface area contributed by atoms with E-state index in [9.17, 15) is 9.59 Å². The maximum atomic E-state index is 11.4. The predicted molar refractivity (Wildman–Crippen MR) is 51.2 cm³/mol. The van der Waals surface area contributed by atoms with E-state index in [1.807, 2.05) is 0 Å². The van der Waals surface area contributed by atoms with Crippen molar-refractivity contribution >= 4 is 11.8 Å². The summed E-state index contributed by atoms with van der Waals surface area (Å²) in [5, 5.41) is 0. The molecule has 2 rings (SSSR count).